The molecule has 2 rings (SSSR count). The molecule has 0 radical (unpaired) electrons. The molecule has 8 heteroatoms. The molecule has 0 aliphatic carbocycles. The van der Waals surface area contributed by atoms with E-state index in [0.717, 1.165) is 24.6 Å². The zero-order chi connectivity index (χ0) is 15.7. The maximum absolute atomic E-state index is 12.9. The highest BCUT2D eigenvalue weighted by atomic mass is 32.2. The minimum absolute atomic E-state index is 0.308. The topological polar surface area (TPSA) is 55.4 Å². The Labute approximate surface area is 121 Å². The van der Waals surface area contributed by atoms with Crippen LogP contribution in [0.2, 0.25) is 0 Å². The first kappa shape index (κ1) is 16.3. The van der Waals surface area contributed by atoms with Crippen molar-refractivity contribution < 1.29 is 26.3 Å². The fourth-order valence-corrected chi connectivity index (χ4v) is 3.82. The minimum Gasteiger partial charge on any atom is -0.377 e. The largest absolute Gasteiger partial charge is 0.417 e. The molecule has 0 aromatic heterocycles. The lowest BCUT2D eigenvalue weighted by atomic mass is 10.1. The molecular weight excluding hydrogens is 307 g/mol. The van der Waals surface area contributed by atoms with Crippen molar-refractivity contribution in [2.75, 3.05) is 6.61 Å². The molecule has 0 amide bonds. The first-order chi connectivity index (χ1) is 9.72. The molecule has 21 heavy (non-hydrogen) atoms. The van der Waals surface area contributed by atoms with Gasteiger partial charge in [0, 0.05) is 12.6 Å². The molecule has 1 N–H and O–H groups in total. The lowest BCUT2D eigenvalue weighted by Gasteiger charge is -2.21. The van der Waals surface area contributed by atoms with E-state index in [2.05, 4.69) is 4.72 Å². The summed E-state index contributed by atoms with van der Waals surface area (Å²) in [6.45, 7) is 2.12. The van der Waals surface area contributed by atoms with Crippen LogP contribution in [-0.2, 0) is 20.9 Å². The van der Waals surface area contributed by atoms with Crippen molar-refractivity contribution in [1.29, 1.82) is 0 Å². The van der Waals surface area contributed by atoms with Gasteiger partial charge in [0.25, 0.3) is 0 Å². The third-order valence-corrected chi connectivity index (χ3v) is 4.96. The summed E-state index contributed by atoms with van der Waals surface area (Å²) in [4.78, 5) is -0.762. The molecule has 1 saturated heterocycles. The molecule has 1 aromatic carbocycles. The van der Waals surface area contributed by atoms with Crippen LogP contribution in [0.25, 0.3) is 0 Å². The zero-order valence-electron chi connectivity index (χ0n) is 11.4. The van der Waals surface area contributed by atoms with Crippen molar-refractivity contribution in [3.63, 3.8) is 0 Å². The summed E-state index contributed by atoms with van der Waals surface area (Å²) in [6, 6.07) is 3.55. The highest BCUT2D eigenvalue weighted by molar-refractivity contribution is 7.89. The Morgan fingerprint density at radius 3 is 2.57 bits per heavy atom. The number of alkyl halides is 3. The molecule has 1 aromatic rings. The summed E-state index contributed by atoms with van der Waals surface area (Å²) >= 11 is 0. The SMILES string of the molecule is C[C@H](NS(=O)(=O)c1ccccc1C(F)(F)F)[C@H]1CCCO1. The monoisotopic (exact) mass is 323 g/mol. The van der Waals surface area contributed by atoms with E-state index in [1.807, 2.05) is 0 Å². The van der Waals surface area contributed by atoms with E-state index in [9.17, 15) is 21.6 Å². The number of rotatable bonds is 4. The predicted molar refractivity (Wildman–Crippen MR) is 70.2 cm³/mol. The molecule has 0 bridgehead atoms. The normalized spacial score (nSPS) is 21.4. The van der Waals surface area contributed by atoms with Crippen LogP contribution in [0, 0.1) is 0 Å². The summed E-state index contributed by atoms with van der Waals surface area (Å²) in [5.41, 5.74) is -1.17. The summed E-state index contributed by atoms with van der Waals surface area (Å²) in [5.74, 6) is 0. The summed E-state index contributed by atoms with van der Waals surface area (Å²) < 4.78 is 70.7. The summed E-state index contributed by atoms with van der Waals surface area (Å²) in [5, 5.41) is 0. The average Bonchev–Trinajstić information content (AvgIpc) is 2.91. The number of sulfonamides is 1. The second-order valence-corrected chi connectivity index (χ2v) is 6.64. The second kappa shape index (κ2) is 5.94. The first-order valence-corrected chi connectivity index (χ1v) is 8.00. The lowest BCUT2D eigenvalue weighted by molar-refractivity contribution is -0.139. The highest BCUT2D eigenvalue weighted by Gasteiger charge is 2.37. The van der Waals surface area contributed by atoms with Crippen LogP contribution in [0.15, 0.2) is 29.2 Å². The molecule has 0 spiro atoms. The number of nitrogens with one attached hydrogen (secondary N) is 1. The second-order valence-electron chi connectivity index (χ2n) is 4.96. The molecule has 1 heterocycles. The van der Waals surface area contributed by atoms with E-state index in [4.69, 9.17) is 4.74 Å². The Kier molecular flexibility index (Phi) is 4.60. The smallest absolute Gasteiger partial charge is 0.377 e. The number of ether oxygens (including phenoxy) is 1. The Morgan fingerprint density at radius 1 is 1.33 bits per heavy atom. The first-order valence-electron chi connectivity index (χ1n) is 6.52. The van der Waals surface area contributed by atoms with Crippen LogP contribution in [-0.4, -0.2) is 27.2 Å². The van der Waals surface area contributed by atoms with Gasteiger partial charge in [-0.3, -0.25) is 0 Å². The van der Waals surface area contributed by atoms with Crippen LogP contribution < -0.4 is 4.72 Å². The number of hydrogen-bond donors (Lipinski definition) is 1. The van der Waals surface area contributed by atoms with Gasteiger partial charge in [0.15, 0.2) is 0 Å². The van der Waals surface area contributed by atoms with Gasteiger partial charge in [-0.25, -0.2) is 13.1 Å². The molecule has 4 nitrogen and oxygen atoms in total. The average molecular weight is 323 g/mol. The fourth-order valence-electron chi connectivity index (χ4n) is 2.32. The van der Waals surface area contributed by atoms with Gasteiger partial charge in [0.2, 0.25) is 10.0 Å². The van der Waals surface area contributed by atoms with Crippen molar-refractivity contribution in [3.8, 4) is 0 Å². The molecule has 118 valence electrons. The third-order valence-electron chi connectivity index (χ3n) is 3.35. The molecule has 2 atom stereocenters. The predicted octanol–water partition coefficient (Wildman–Crippen LogP) is 2.55. The summed E-state index contributed by atoms with van der Waals surface area (Å²) in [7, 11) is -4.26. The number of halogens is 3. The van der Waals surface area contributed by atoms with Crippen LogP contribution in [0.4, 0.5) is 13.2 Å². The van der Waals surface area contributed by atoms with E-state index in [1.165, 1.54) is 6.07 Å². The number of hydrogen-bond acceptors (Lipinski definition) is 3. The van der Waals surface area contributed by atoms with Crippen LogP contribution in [0.5, 0.6) is 0 Å². The van der Waals surface area contributed by atoms with Crippen molar-refractivity contribution >= 4 is 10.0 Å². The van der Waals surface area contributed by atoms with Crippen molar-refractivity contribution in [3.05, 3.63) is 29.8 Å². The Bertz CT molecular complexity index is 595. The lowest BCUT2D eigenvalue weighted by Crippen LogP contribution is -2.41. The van der Waals surface area contributed by atoms with Gasteiger partial charge >= 0.3 is 6.18 Å². The van der Waals surface area contributed by atoms with E-state index in [0.29, 0.717) is 13.0 Å². The van der Waals surface area contributed by atoms with E-state index >= 15 is 0 Å². The summed E-state index contributed by atoms with van der Waals surface area (Å²) in [6.07, 6.45) is -3.53. The Morgan fingerprint density at radius 2 is 2.00 bits per heavy atom. The standard InChI is InChI=1S/C13H16F3NO3S/c1-9(11-6-4-8-20-11)17-21(18,19)12-7-3-2-5-10(12)13(14,15)16/h2-3,5,7,9,11,17H,4,6,8H2,1H3/t9-,11+/m0/s1. The van der Waals surface area contributed by atoms with Gasteiger partial charge in [-0.05, 0) is 31.9 Å². The van der Waals surface area contributed by atoms with Crippen LogP contribution in [0.1, 0.15) is 25.3 Å². The fraction of sp³-hybridized carbons (Fsp3) is 0.538. The maximum atomic E-state index is 12.9. The quantitative estimate of drug-likeness (QED) is 0.926. The van der Waals surface area contributed by atoms with Gasteiger partial charge in [0.1, 0.15) is 0 Å². The molecule has 1 aliphatic heterocycles. The van der Waals surface area contributed by atoms with Gasteiger partial charge < -0.3 is 4.74 Å². The maximum Gasteiger partial charge on any atom is 0.417 e. The number of benzene rings is 1. The van der Waals surface area contributed by atoms with Crippen LogP contribution in [0.3, 0.4) is 0 Å². The van der Waals surface area contributed by atoms with Gasteiger partial charge in [-0.15, -0.1) is 0 Å². The van der Waals surface area contributed by atoms with Crippen molar-refractivity contribution in [2.24, 2.45) is 0 Å². The molecule has 1 aliphatic rings. The van der Waals surface area contributed by atoms with Crippen LogP contribution >= 0.6 is 0 Å². The molecular formula is C13H16F3NO3S. The Hall–Kier alpha value is -1.12. The van der Waals surface area contributed by atoms with E-state index in [1.54, 1.807) is 6.92 Å². The van der Waals surface area contributed by atoms with Crippen molar-refractivity contribution in [1.82, 2.24) is 4.72 Å². The van der Waals surface area contributed by atoms with Crippen molar-refractivity contribution in [2.45, 2.75) is 43.0 Å². The zero-order valence-corrected chi connectivity index (χ0v) is 12.2. The molecule has 1 fully saturated rings. The van der Waals surface area contributed by atoms with E-state index in [-0.39, 0.29) is 6.10 Å². The highest BCUT2D eigenvalue weighted by Crippen LogP contribution is 2.34. The van der Waals surface area contributed by atoms with Gasteiger partial charge in [-0.1, -0.05) is 12.1 Å². The molecule has 0 saturated carbocycles. The van der Waals surface area contributed by atoms with Gasteiger partial charge in [0.05, 0.1) is 16.6 Å². The third kappa shape index (κ3) is 3.75. The minimum atomic E-state index is -4.72. The van der Waals surface area contributed by atoms with Gasteiger partial charge in [-0.2, -0.15) is 13.2 Å². The van der Waals surface area contributed by atoms with E-state index < -0.39 is 32.7 Å². The Balaban J connectivity index is 2.27. The molecule has 0 unspecified atom stereocenters.